The molecule has 132 valence electrons. The second kappa shape index (κ2) is 7.80. The molecular formula is C19H22N2O3S. The number of hydrogen-bond donors (Lipinski definition) is 1. The molecule has 1 fully saturated rings. The fourth-order valence-corrected chi connectivity index (χ4v) is 3.97. The molecule has 1 aromatic heterocycles. The Balaban J connectivity index is 1.52. The Morgan fingerprint density at radius 2 is 1.76 bits per heavy atom. The maximum Gasteiger partial charge on any atom is 0.345 e. The number of aromatic carboxylic acids is 1. The normalized spacial score (nSPS) is 16.6. The largest absolute Gasteiger partial charge is 0.477 e. The van der Waals surface area contributed by atoms with Gasteiger partial charge in [0.1, 0.15) is 4.88 Å². The van der Waals surface area contributed by atoms with Crippen LogP contribution in [-0.2, 0) is 11.3 Å². The van der Waals surface area contributed by atoms with Crippen LogP contribution in [0.15, 0.2) is 42.5 Å². The van der Waals surface area contributed by atoms with Crippen LogP contribution in [0.25, 0.3) is 0 Å². The summed E-state index contributed by atoms with van der Waals surface area (Å²) in [6, 6.07) is 13.4. The molecule has 3 rings (SSSR count). The third-order valence-corrected chi connectivity index (χ3v) is 5.66. The molecule has 5 nitrogen and oxygen atoms in total. The fraction of sp³-hybridized carbons (Fsp3) is 0.368. The first-order chi connectivity index (χ1) is 12.0. The van der Waals surface area contributed by atoms with E-state index in [2.05, 4.69) is 4.90 Å². The zero-order chi connectivity index (χ0) is 17.8. The minimum Gasteiger partial charge on any atom is -0.477 e. The highest BCUT2D eigenvalue weighted by Crippen LogP contribution is 2.21. The SMILES string of the molecule is CC(C(=O)N1CCN(Cc2ccc(C(=O)O)s2)CC1)c1ccccc1. The molecule has 25 heavy (non-hydrogen) atoms. The van der Waals surface area contributed by atoms with E-state index in [1.165, 1.54) is 11.3 Å². The minimum absolute atomic E-state index is 0.122. The number of rotatable bonds is 5. The van der Waals surface area contributed by atoms with Gasteiger partial charge in [0, 0.05) is 37.6 Å². The van der Waals surface area contributed by atoms with Gasteiger partial charge >= 0.3 is 5.97 Å². The Morgan fingerprint density at radius 1 is 1.08 bits per heavy atom. The standard InChI is InChI=1S/C19H22N2O3S/c1-14(15-5-3-2-4-6-15)18(22)21-11-9-20(10-12-21)13-16-7-8-17(25-16)19(23)24/h2-8,14H,9-13H2,1H3,(H,23,24). The average Bonchev–Trinajstić information content (AvgIpc) is 3.11. The van der Waals surface area contributed by atoms with E-state index in [1.807, 2.05) is 48.2 Å². The van der Waals surface area contributed by atoms with Gasteiger partial charge in [-0.05, 0) is 24.6 Å². The molecule has 1 atom stereocenters. The fourth-order valence-electron chi connectivity index (χ4n) is 3.08. The van der Waals surface area contributed by atoms with Crippen molar-refractivity contribution in [3.05, 3.63) is 57.8 Å². The first-order valence-electron chi connectivity index (χ1n) is 8.42. The van der Waals surface area contributed by atoms with Crippen molar-refractivity contribution < 1.29 is 14.7 Å². The number of piperazine rings is 1. The summed E-state index contributed by atoms with van der Waals surface area (Å²) in [6.45, 7) is 5.76. The average molecular weight is 358 g/mol. The van der Waals surface area contributed by atoms with E-state index in [1.54, 1.807) is 6.07 Å². The van der Waals surface area contributed by atoms with Crippen LogP contribution in [0, 0.1) is 0 Å². The Bertz CT molecular complexity index is 736. The molecule has 1 aliphatic heterocycles. The van der Waals surface area contributed by atoms with Gasteiger partial charge in [-0.1, -0.05) is 30.3 Å². The number of carboxylic acids is 1. The zero-order valence-electron chi connectivity index (χ0n) is 14.2. The summed E-state index contributed by atoms with van der Waals surface area (Å²) in [4.78, 5) is 29.3. The third-order valence-electron chi connectivity index (χ3n) is 4.61. The van der Waals surface area contributed by atoms with Crippen molar-refractivity contribution >= 4 is 23.2 Å². The highest BCUT2D eigenvalue weighted by molar-refractivity contribution is 7.13. The van der Waals surface area contributed by atoms with Crippen molar-refractivity contribution in [1.82, 2.24) is 9.80 Å². The van der Waals surface area contributed by atoms with Crippen molar-refractivity contribution in [1.29, 1.82) is 0 Å². The van der Waals surface area contributed by atoms with Gasteiger partial charge in [-0.15, -0.1) is 11.3 Å². The molecule has 1 aliphatic rings. The Hall–Kier alpha value is -2.18. The van der Waals surface area contributed by atoms with E-state index in [-0.39, 0.29) is 11.8 Å². The molecule has 1 N–H and O–H groups in total. The number of benzene rings is 1. The van der Waals surface area contributed by atoms with Crippen molar-refractivity contribution in [2.75, 3.05) is 26.2 Å². The number of hydrogen-bond acceptors (Lipinski definition) is 4. The van der Waals surface area contributed by atoms with Crippen LogP contribution < -0.4 is 0 Å². The molecule has 0 saturated carbocycles. The lowest BCUT2D eigenvalue weighted by Gasteiger charge is -2.35. The molecular weight excluding hydrogens is 336 g/mol. The van der Waals surface area contributed by atoms with Gasteiger partial charge in [-0.2, -0.15) is 0 Å². The summed E-state index contributed by atoms with van der Waals surface area (Å²) >= 11 is 1.32. The van der Waals surface area contributed by atoms with Gasteiger partial charge in [0.25, 0.3) is 0 Å². The van der Waals surface area contributed by atoms with Crippen LogP contribution in [0.3, 0.4) is 0 Å². The molecule has 1 saturated heterocycles. The molecule has 1 amide bonds. The lowest BCUT2D eigenvalue weighted by molar-refractivity contribution is -0.134. The Kier molecular flexibility index (Phi) is 5.50. The third kappa shape index (κ3) is 4.27. The summed E-state index contributed by atoms with van der Waals surface area (Å²) in [5, 5.41) is 9.00. The van der Waals surface area contributed by atoms with Gasteiger partial charge in [-0.3, -0.25) is 9.69 Å². The topological polar surface area (TPSA) is 60.9 Å². The second-order valence-corrected chi connectivity index (χ2v) is 7.47. The zero-order valence-corrected chi connectivity index (χ0v) is 15.0. The maximum absolute atomic E-state index is 12.7. The molecule has 0 aliphatic carbocycles. The van der Waals surface area contributed by atoms with Crippen LogP contribution in [0.2, 0.25) is 0 Å². The number of nitrogens with zero attached hydrogens (tertiary/aromatic N) is 2. The van der Waals surface area contributed by atoms with E-state index in [0.29, 0.717) is 18.0 Å². The van der Waals surface area contributed by atoms with Gasteiger partial charge < -0.3 is 10.0 Å². The highest BCUT2D eigenvalue weighted by Gasteiger charge is 2.25. The molecule has 1 aromatic carbocycles. The van der Waals surface area contributed by atoms with E-state index in [9.17, 15) is 9.59 Å². The molecule has 6 heteroatoms. The smallest absolute Gasteiger partial charge is 0.345 e. The lowest BCUT2D eigenvalue weighted by atomic mass is 9.99. The van der Waals surface area contributed by atoms with Crippen molar-refractivity contribution in [2.45, 2.75) is 19.4 Å². The molecule has 0 radical (unpaired) electrons. The summed E-state index contributed by atoms with van der Waals surface area (Å²) in [6.07, 6.45) is 0. The molecule has 0 spiro atoms. The van der Waals surface area contributed by atoms with Crippen LogP contribution in [0.4, 0.5) is 0 Å². The first kappa shape index (κ1) is 17.6. The van der Waals surface area contributed by atoms with E-state index >= 15 is 0 Å². The highest BCUT2D eigenvalue weighted by atomic mass is 32.1. The molecule has 2 aromatic rings. The molecule has 1 unspecified atom stereocenters. The predicted molar refractivity (Wildman–Crippen MR) is 98.0 cm³/mol. The van der Waals surface area contributed by atoms with Crippen LogP contribution in [-0.4, -0.2) is 53.0 Å². The summed E-state index contributed by atoms with van der Waals surface area (Å²) in [5.41, 5.74) is 1.05. The maximum atomic E-state index is 12.7. The van der Waals surface area contributed by atoms with Crippen molar-refractivity contribution in [3.8, 4) is 0 Å². The molecule has 2 heterocycles. The second-order valence-electron chi connectivity index (χ2n) is 6.30. The van der Waals surface area contributed by atoms with Crippen LogP contribution >= 0.6 is 11.3 Å². The monoisotopic (exact) mass is 358 g/mol. The number of thiophene rings is 1. The summed E-state index contributed by atoms with van der Waals surface area (Å²) in [7, 11) is 0. The first-order valence-corrected chi connectivity index (χ1v) is 9.24. The molecule has 0 bridgehead atoms. The number of carbonyl (C=O) groups excluding carboxylic acids is 1. The summed E-state index contributed by atoms with van der Waals surface area (Å²) in [5.74, 6) is -0.820. The number of carbonyl (C=O) groups is 2. The Labute approximate surface area is 151 Å². The van der Waals surface area contributed by atoms with Gasteiger partial charge in [-0.25, -0.2) is 4.79 Å². The van der Waals surface area contributed by atoms with E-state index < -0.39 is 5.97 Å². The van der Waals surface area contributed by atoms with E-state index in [4.69, 9.17) is 5.11 Å². The lowest BCUT2D eigenvalue weighted by Crippen LogP contribution is -2.49. The summed E-state index contributed by atoms with van der Waals surface area (Å²) < 4.78 is 0. The Morgan fingerprint density at radius 3 is 2.36 bits per heavy atom. The van der Waals surface area contributed by atoms with Gasteiger partial charge in [0.05, 0.1) is 5.92 Å². The number of carboxylic acid groups (broad SMARTS) is 1. The number of amides is 1. The van der Waals surface area contributed by atoms with Crippen molar-refractivity contribution in [3.63, 3.8) is 0 Å². The van der Waals surface area contributed by atoms with E-state index in [0.717, 1.165) is 30.1 Å². The van der Waals surface area contributed by atoms with Crippen LogP contribution in [0.5, 0.6) is 0 Å². The van der Waals surface area contributed by atoms with Gasteiger partial charge in [0.15, 0.2) is 0 Å². The van der Waals surface area contributed by atoms with Gasteiger partial charge in [0.2, 0.25) is 5.91 Å². The predicted octanol–water partition coefficient (Wildman–Crippen LogP) is 2.89. The van der Waals surface area contributed by atoms with Crippen LogP contribution in [0.1, 0.15) is 33.0 Å². The quantitative estimate of drug-likeness (QED) is 0.893. The minimum atomic E-state index is -0.874. The van der Waals surface area contributed by atoms with Crippen molar-refractivity contribution in [2.24, 2.45) is 0 Å².